The lowest BCUT2D eigenvalue weighted by atomic mass is 9.85. The number of rotatable bonds is 6. The van der Waals surface area contributed by atoms with E-state index in [9.17, 15) is 0 Å². The molecule has 0 heterocycles. The van der Waals surface area contributed by atoms with E-state index in [0.29, 0.717) is 0 Å². The van der Waals surface area contributed by atoms with Gasteiger partial charge in [0.05, 0.1) is 0 Å². The van der Waals surface area contributed by atoms with Crippen LogP contribution in [0.1, 0.15) is 30.0 Å². The van der Waals surface area contributed by atoms with Gasteiger partial charge in [-0.2, -0.15) is 0 Å². The monoisotopic (exact) mass is 489 g/mol. The van der Waals surface area contributed by atoms with Gasteiger partial charge in [0, 0.05) is 18.1 Å². The van der Waals surface area contributed by atoms with Crippen LogP contribution in [-0.4, -0.2) is 4.90 Å². The first kappa shape index (κ1) is 23.8. The quantitative estimate of drug-likeness (QED) is 0.169. The van der Waals surface area contributed by atoms with Gasteiger partial charge in [0.15, 0.2) is 0 Å². The fraction of sp³-hybridized carbons (Fsp3) is 0.0811. The van der Waals surface area contributed by atoms with E-state index >= 15 is 0 Å². The maximum absolute atomic E-state index is 4.08. The molecule has 1 heteroatoms. The third-order valence-corrected chi connectivity index (χ3v) is 7.76. The summed E-state index contributed by atoms with van der Waals surface area (Å²) >= 11 is 0. The maximum Gasteiger partial charge on any atom is 0.0371 e. The van der Waals surface area contributed by atoms with Crippen LogP contribution in [0.2, 0.25) is 0 Å². The lowest BCUT2D eigenvalue weighted by Crippen LogP contribution is -2.06. The van der Waals surface area contributed by atoms with Gasteiger partial charge in [0.25, 0.3) is 0 Å². The molecule has 5 aromatic rings. The van der Waals surface area contributed by atoms with E-state index in [1.54, 1.807) is 12.3 Å². The van der Waals surface area contributed by atoms with Gasteiger partial charge in [-0.3, -0.25) is 0 Å². The summed E-state index contributed by atoms with van der Waals surface area (Å²) in [6, 6.07) is 29.1. The second-order valence-electron chi connectivity index (χ2n) is 9.95. The van der Waals surface area contributed by atoms with Gasteiger partial charge in [0.2, 0.25) is 0 Å². The summed E-state index contributed by atoms with van der Waals surface area (Å²) in [4.78, 5) is 1.91. The number of allylic oxidation sites excluding steroid dienone is 3. The van der Waals surface area contributed by atoms with Crippen molar-refractivity contribution in [1.82, 2.24) is 4.90 Å². The van der Waals surface area contributed by atoms with Gasteiger partial charge < -0.3 is 4.90 Å². The summed E-state index contributed by atoms with van der Waals surface area (Å²) in [5.74, 6) is 0. The Kier molecular flexibility index (Phi) is 6.05. The normalized spacial score (nSPS) is 13.0. The summed E-state index contributed by atoms with van der Waals surface area (Å²) in [6.07, 6.45) is 12.4. The topological polar surface area (TPSA) is 3.24 Å². The van der Waals surface area contributed by atoms with Gasteiger partial charge >= 0.3 is 0 Å². The van der Waals surface area contributed by atoms with E-state index in [1.807, 2.05) is 4.90 Å². The lowest BCUT2D eigenvalue weighted by Gasteiger charge is -2.20. The lowest BCUT2D eigenvalue weighted by molar-refractivity contribution is 0.659. The second kappa shape index (κ2) is 9.68. The van der Waals surface area contributed by atoms with E-state index in [4.69, 9.17) is 0 Å². The zero-order chi connectivity index (χ0) is 26.2. The first-order valence-corrected chi connectivity index (χ1v) is 13.2. The fourth-order valence-electron chi connectivity index (χ4n) is 5.86. The zero-order valence-corrected chi connectivity index (χ0v) is 21.9. The largest absolute Gasteiger partial charge is 0.325 e. The van der Waals surface area contributed by atoms with E-state index in [2.05, 4.69) is 124 Å². The molecular weight excluding hydrogens is 458 g/mol. The molecule has 5 aromatic carbocycles. The minimum atomic E-state index is 0.792. The molecule has 1 nitrogen and oxygen atoms in total. The number of benzene rings is 5. The highest BCUT2D eigenvalue weighted by atomic mass is 15.1. The van der Waals surface area contributed by atoms with Crippen molar-refractivity contribution in [3.05, 3.63) is 146 Å². The Morgan fingerprint density at radius 3 is 2.26 bits per heavy atom. The third kappa shape index (κ3) is 3.88. The molecule has 6 rings (SSSR count). The van der Waals surface area contributed by atoms with E-state index < -0.39 is 0 Å². The number of hydrogen-bond acceptors (Lipinski definition) is 1. The summed E-state index contributed by atoms with van der Waals surface area (Å²) in [5, 5.41) is 7.73. The van der Waals surface area contributed by atoms with Crippen molar-refractivity contribution in [2.45, 2.75) is 19.8 Å². The standard InChI is InChI=1S/C37H31N/c1-5-26(4)38(6-2)24-25(3)29-21-22-34(32-16-10-9-15-31(29)32)36-23-28-20-19-27-13-7-8-14-30(27)37(28)35-18-12-11-17-33(35)36/h5-6,8-12,14-24H,1-2,4,7,13H2,3H3/b25-24+. The Bertz CT molecular complexity index is 1830. The van der Waals surface area contributed by atoms with Crippen LogP contribution in [-0.2, 0) is 6.42 Å². The van der Waals surface area contributed by atoms with Crippen molar-refractivity contribution in [1.29, 1.82) is 0 Å². The van der Waals surface area contributed by atoms with E-state index in [-0.39, 0.29) is 0 Å². The van der Waals surface area contributed by atoms with Crippen LogP contribution in [0.25, 0.3) is 55.1 Å². The molecule has 0 amide bonds. The molecule has 1 aliphatic rings. The third-order valence-electron chi connectivity index (χ3n) is 7.76. The predicted molar refractivity (Wildman–Crippen MR) is 167 cm³/mol. The number of aryl methyl sites for hydroxylation is 1. The average molecular weight is 490 g/mol. The number of fused-ring (bicyclic) bond motifs is 6. The van der Waals surface area contributed by atoms with Crippen molar-refractivity contribution in [3.63, 3.8) is 0 Å². The Morgan fingerprint density at radius 2 is 1.53 bits per heavy atom. The Balaban J connectivity index is 1.60. The highest BCUT2D eigenvalue weighted by molar-refractivity contribution is 6.19. The number of nitrogens with zero attached hydrogens (tertiary/aromatic N) is 1. The molecule has 184 valence electrons. The summed E-state index contributed by atoms with van der Waals surface area (Å²) < 4.78 is 0. The van der Waals surface area contributed by atoms with E-state index in [0.717, 1.165) is 24.1 Å². The van der Waals surface area contributed by atoms with Crippen molar-refractivity contribution in [2.75, 3.05) is 0 Å². The van der Waals surface area contributed by atoms with Gasteiger partial charge in [-0.05, 0) is 97.6 Å². The SMILES string of the molecule is C=CC(=C)N(C=C)/C=C(\C)c1ccc(-c2cc3ccc4c(c3c3ccccc23)C=CCC4)c2ccccc12. The van der Waals surface area contributed by atoms with Crippen LogP contribution in [0, 0.1) is 0 Å². The van der Waals surface area contributed by atoms with Gasteiger partial charge in [0.1, 0.15) is 0 Å². The Morgan fingerprint density at radius 1 is 0.816 bits per heavy atom. The summed E-state index contributed by atoms with van der Waals surface area (Å²) in [5.41, 5.74) is 8.47. The zero-order valence-electron chi connectivity index (χ0n) is 21.9. The van der Waals surface area contributed by atoms with Crippen LogP contribution in [0.5, 0.6) is 0 Å². The maximum atomic E-state index is 4.08. The molecule has 0 radical (unpaired) electrons. The molecule has 0 aliphatic heterocycles. The minimum absolute atomic E-state index is 0.792. The molecule has 0 atom stereocenters. The van der Waals surface area contributed by atoms with Crippen molar-refractivity contribution < 1.29 is 0 Å². The molecule has 0 saturated heterocycles. The van der Waals surface area contributed by atoms with Crippen molar-refractivity contribution >= 4 is 44.0 Å². The van der Waals surface area contributed by atoms with Crippen LogP contribution >= 0.6 is 0 Å². The molecule has 38 heavy (non-hydrogen) atoms. The summed E-state index contributed by atoms with van der Waals surface area (Å²) in [6.45, 7) is 14.0. The van der Waals surface area contributed by atoms with E-state index in [1.165, 1.54) is 60.1 Å². The predicted octanol–water partition coefficient (Wildman–Crippen LogP) is 10.3. The summed E-state index contributed by atoms with van der Waals surface area (Å²) in [7, 11) is 0. The Labute approximate surface area is 225 Å². The molecular formula is C37H31N. The van der Waals surface area contributed by atoms with Crippen molar-refractivity contribution in [3.8, 4) is 11.1 Å². The van der Waals surface area contributed by atoms with Crippen LogP contribution in [0.15, 0.2) is 129 Å². The fourth-order valence-corrected chi connectivity index (χ4v) is 5.86. The first-order chi connectivity index (χ1) is 18.6. The second-order valence-corrected chi connectivity index (χ2v) is 9.95. The van der Waals surface area contributed by atoms with Crippen LogP contribution in [0.4, 0.5) is 0 Å². The highest BCUT2D eigenvalue weighted by Crippen LogP contribution is 2.42. The average Bonchev–Trinajstić information content (AvgIpc) is 2.98. The van der Waals surface area contributed by atoms with Crippen LogP contribution < -0.4 is 0 Å². The molecule has 0 N–H and O–H groups in total. The first-order valence-electron chi connectivity index (χ1n) is 13.2. The molecule has 0 bridgehead atoms. The highest BCUT2D eigenvalue weighted by Gasteiger charge is 2.16. The molecule has 0 unspecified atom stereocenters. The Hall–Kier alpha value is -4.62. The smallest absolute Gasteiger partial charge is 0.0371 e. The van der Waals surface area contributed by atoms with Crippen LogP contribution in [0.3, 0.4) is 0 Å². The van der Waals surface area contributed by atoms with Crippen molar-refractivity contribution in [2.24, 2.45) is 0 Å². The molecule has 0 fully saturated rings. The minimum Gasteiger partial charge on any atom is -0.325 e. The van der Waals surface area contributed by atoms with Gasteiger partial charge in [-0.15, -0.1) is 0 Å². The molecule has 0 saturated carbocycles. The van der Waals surface area contributed by atoms with Gasteiger partial charge in [-0.25, -0.2) is 0 Å². The molecule has 1 aliphatic carbocycles. The molecule has 0 aromatic heterocycles. The van der Waals surface area contributed by atoms with Gasteiger partial charge in [-0.1, -0.05) is 105 Å². The number of hydrogen-bond donors (Lipinski definition) is 0. The molecule has 0 spiro atoms.